The number of amides is 1. The van der Waals surface area contributed by atoms with Gasteiger partial charge in [-0.3, -0.25) is 4.79 Å². The molecule has 5 nitrogen and oxygen atoms in total. The SMILES string of the molecule is CN(C(=O)C1CCC(CN)CC1)c1ccc(C(=O)O)cc1. The number of benzene rings is 1. The van der Waals surface area contributed by atoms with Gasteiger partial charge < -0.3 is 15.7 Å². The molecule has 1 amide bonds. The Labute approximate surface area is 124 Å². The Morgan fingerprint density at radius 2 is 1.76 bits per heavy atom. The monoisotopic (exact) mass is 290 g/mol. The quantitative estimate of drug-likeness (QED) is 0.889. The number of nitrogens with zero attached hydrogens (tertiary/aromatic N) is 1. The maximum Gasteiger partial charge on any atom is 0.335 e. The Balaban J connectivity index is 2.00. The first-order valence-electron chi connectivity index (χ1n) is 7.34. The van der Waals surface area contributed by atoms with E-state index in [1.165, 1.54) is 12.1 Å². The number of carbonyl (C=O) groups is 2. The van der Waals surface area contributed by atoms with Crippen LogP contribution in [0.4, 0.5) is 5.69 Å². The number of carbonyl (C=O) groups excluding carboxylic acids is 1. The number of rotatable bonds is 4. The van der Waals surface area contributed by atoms with Gasteiger partial charge in [-0.25, -0.2) is 4.79 Å². The molecule has 1 aliphatic carbocycles. The van der Waals surface area contributed by atoms with Gasteiger partial charge in [0.25, 0.3) is 0 Å². The lowest BCUT2D eigenvalue weighted by Gasteiger charge is -2.30. The van der Waals surface area contributed by atoms with E-state index in [0.717, 1.165) is 31.4 Å². The van der Waals surface area contributed by atoms with Crippen LogP contribution in [0.2, 0.25) is 0 Å². The summed E-state index contributed by atoms with van der Waals surface area (Å²) < 4.78 is 0. The topological polar surface area (TPSA) is 83.6 Å². The van der Waals surface area contributed by atoms with E-state index in [2.05, 4.69) is 0 Å². The van der Waals surface area contributed by atoms with E-state index < -0.39 is 5.97 Å². The van der Waals surface area contributed by atoms with Crippen LogP contribution in [0.25, 0.3) is 0 Å². The van der Waals surface area contributed by atoms with Crippen molar-refractivity contribution < 1.29 is 14.7 Å². The molecule has 0 radical (unpaired) electrons. The summed E-state index contributed by atoms with van der Waals surface area (Å²) in [4.78, 5) is 24.9. The van der Waals surface area contributed by atoms with Gasteiger partial charge in [0.2, 0.25) is 5.91 Å². The molecule has 0 saturated heterocycles. The van der Waals surface area contributed by atoms with Crippen molar-refractivity contribution in [2.45, 2.75) is 25.7 Å². The normalized spacial score (nSPS) is 21.8. The van der Waals surface area contributed by atoms with Crippen LogP contribution in [-0.4, -0.2) is 30.6 Å². The Morgan fingerprint density at radius 1 is 1.19 bits per heavy atom. The van der Waals surface area contributed by atoms with Gasteiger partial charge in [-0.1, -0.05) is 0 Å². The minimum Gasteiger partial charge on any atom is -0.478 e. The lowest BCUT2D eigenvalue weighted by atomic mass is 9.81. The van der Waals surface area contributed by atoms with Crippen molar-refractivity contribution in [2.24, 2.45) is 17.6 Å². The van der Waals surface area contributed by atoms with Gasteiger partial charge in [0, 0.05) is 18.7 Å². The summed E-state index contributed by atoms with van der Waals surface area (Å²) in [5, 5.41) is 8.88. The highest BCUT2D eigenvalue weighted by molar-refractivity contribution is 5.95. The number of hydrogen-bond acceptors (Lipinski definition) is 3. The second-order valence-corrected chi connectivity index (χ2v) is 5.70. The molecule has 1 aliphatic rings. The molecule has 0 atom stereocenters. The lowest BCUT2D eigenvalue weighted by Crippen LogP contribution is -2.35. The number of aromatic carboxylic acids is 1. The van der Waals surface area contributed by atoms with Crippen molar-refractivity contribution in [3.63, 3.8) is 0 Å². The second-order valence-electron chi connectivity index (χ2n) is 5.70. The fourth-order valence-corrected chi connectivity index (χ4v) is 2.87. The standard InChI is InChI=1S/C16H22N2O3/c1-18(14-8-6-13(7-9-14)16(20)21)15(19)12-4-2-11(10-17)3-5-12/h6-9,11-12H,2-5,10,17H2,1H3,(H,20,21). The average molecular weight is 290 g/mol. The molecule has 1 aromatic rings. The number of carboxylic acids is 1. The van der Waals surface area contributed by atoms with Crippen LogP contribution in [0, 0.1) is 11.8 Å². The highest BCUT2D eigenvalue weighted by atomic mass is 16.4. The molecule has 114 valence electrons. The summed E-state index contributed by atoms with van der Waals surface area (Å²) in [6, 6.07) is 6.39. The molecule has 0 spiro atoms. The predicted octanol–water partition coefficient (Wildman–Crippen LogP) is 2.11. The maximum absolute atomic E-state index is 12.5. The number of nitrogens with two attached hydrogens (primary N) is 1. The molecule has 0 aromatic heterocycles. The fraction of sp³-hybridized carbons (Fsp3) is 0.500. The summed E-state index contributed by atoms with van der Waals surface area (Å²) in [6.45, 7) is 0.702. The zero-order chi connectivity index (χ0) is 15.4. The van der Waals surface area contributed by atoms with Crippen molar-refractivity contribution in [3.8, 4) is 0 Å². The first kappa shape index (κ1) is 15.5. The molecule has 1 aromatic carbocycles. The van der Waals surface area contributed by atoms with Crippen LogP contribution in [0.1, 0.15) is 36.0 Å². The number of hydrogen-bond donors (Lipinski definition) is 2. The molecule has 0 unspecified atom stereocenters. The van der Waals surface area contributed by atoms with Crippen LogP contribution in [0.15, 0.2) is 24.3 Å². The summed E-state index contributed by atoms with van der Waals surface area (Å²) in [6.07, 6.45) is 3.80. The predicted molar refractivity (Wildman–Crippen MR) is 81.3 cm³/mol. The minimum absolute atomic E-state index is 0.0527. The molecule has 5 heteroatoms. The highest BCUT2D eigenvalue weighted by Crippen LogP contribution is 2.30. The number of anilines is 1. The van der Waals surface area contributed by atoms with Gasteiger partial charge >= 0.3 is 5.97 Å². The van der Waals surface area contributed by atoms with Crippen molar-refractivity contribution in [1.82, 2.24) is 0 Å². The third-order valence-corrected chi connectivity index (χ3v) is 4.36. The van der Waals surface area contributed by atoms with Crippen molar-refractivity contribution in [1.29, 1.82) is 0 Å². The largest absolute Gasteiger partial charge is 0.478 e. The first-order chi connectivity index (χ1) is 10.0. The Morgan fingerprint density at radius 3 is 2.24 bits per heavy atom. The van der Waals surface area contributed by atoms with Gasteiger partial charge in [-0.15, -0.1) is 0 Å². The molecule has 1 fully saturated rings. The summed E-state index contributed by atoms with van der Waals surface area (Å²) in [5.41, 5.74) is 6.62. The van der Waals surface area contributed by atoms with Crippen molar-refractivity contribution in [2.75, 3.05) is 18.5 Å². The molecule has 0 aliphatic heterocycles. The van der Waals surface area contributed by atoms with Gasteiger partial charge in [0.15, 0.2) is 0 Å². The molecular weight excluding hydrogens is 268 g/mol. The van der Waals surface area contributed by atoms with Crippen LogP contribution >= 0.6 is 0 Å². The lowest BCUT2D eigenvalue weighted by molar-refractivity contribution is -0.123. The van der Waals surface area contributed by atoms with E-state index in [9.17, 15) is 9.59 Å². The van der Waals surface area contributed by atoms with Crippen LogP contribution in [-0.2, 0) is 4.79 Å². The van der Waals surface area contributed by atoms with Crippen LogP contribution in [0.3, 0.4) is 0 Å². The van der Waals surface area contributed by atoms with Crippen molar-refractivity contribution >= 4 is 17.6 Å². The van der Waals surface area contributed by atoms with E-state index in [-0.39, 0.29) is 17.4 Å². The van der Waals surface area contributed by atoms with Crippen LogP contribution < -0.4 is 10.6 Å². The molecule has 0 bridgehead atoms. The van der Waals surface area contributed by atoms with Gasteiger partial charge in [-0.2, -0.15) is 0 Å². The Kier molecular flexibility index (Phi) is 4.96. The van der Waals surface area contributed by atoms with E-state index in [1.54, 1.807) is 24.1 Å². The van der Waals surface area contributed by atoms with Gasteiger partial charge in [-0.05, 0) is 62.4 Å². The number of carboxylic acid groups (broad SMARTS) is 1. The third-order valence-electron chi connectivity index (χ3n) is 4.36. The average Bonchev–Trinajstić information content (AvgIpc) is 2.53. The third kappa shape index (κ3) is 3.61. The summed E-state index contributed by atoms with van der Waals surface area (Å²) in [7, 11) is 1.74. The zero-order valence-corrected chi connectivity index (χ0v) is 12.3. The molecule has 0 heterocycles. The Bertz CT molecular complexity index is 505. The highest BCUT2D eigenvalue weighted by Gasteiger charge is 2.28. The molecule has 21 heavy (non-hydrogen) atoms. The van der Waals surface area contributed by atoms with E-state index in [4.69, 9.17) is 10.8 Å². The first-order valence-corrected chi connectivity index (χ1v) is 7.34. The van der Waals surface area contributed by atoms with E-state index in [0.29, 0.717) is 12.5 Å². The summed E-state index contributed by atoms with van der Waals surface area (Å²) >= 11 is 0. The molecule has 1 saturated carbocycles. The second kappa shape index (κ2) is 6.72. The molecule has 2 rings (SSSR count). The maximum atomic E-state index is 12.5. The minimum atomic E-state index is -0.962. The molecular formula is C16H22N2O3. The van der Waals surface area contributed by atoms with E-state index in [1.807, 2.05) is 0 Å². The van der Waals surface area contributed by atoms with Gasteiger partial charge in [0.1, 0.15) is 0 Å². The Hall–Kier alpha value is -1.88. The molecule has 3 N–H and O–H groups in total. The van der Waals surface area contributed by atoms with Crippen molar-refractivity contribution in [3.05, 3.63) is 29.8 Å². The van der Waals surface area contributed by atoms with Gasteiger partial charge in [0.05, 0.1) is 5.56 Å². The summed E-state index contributed by atoms with van der Waals surface area (Å²) in [5.74, 6) is -0.254. The van der Waals surface area contributed by atoms with E-state index >= 15 is 0 Å². The smallest absolute Gasteiger partial charge is 0.335 e. The fourth-order valence-electron chi connectivity index (χ4n) is 2.87. The zero-order valence-electron chi connectivity index (χ0n) is 12.3. The van der Waals surface area contributed by atoms with Crippen LogP contribution in [0.5, 0.6) is 0 Å².